The normalized spacial score (nSPS) is 17.4. The second-order valence-electron chi connectivity index (χ2n) is 11.9. The molecule has 3 heterocycles. The lowest BCUT2D eigenvalue weighted by atomic mass is 9.90. The number of esters is 1. The zero-order chi connectivity index (χ0) is 30.9. The molecule has 2 atom stereocenters. The quantitative estimate of drug-likeness (QED) is 0.248. The first kappa shape index (κ1) is 29.9. The highest BCUT2D eigenvalue weighted by Gasteiger charge is 2.33. The zero-order valence-electron chi connectivity index (χ0n) is 25.5. The van der Waals surface area contributed by atoms with Crippen LogP contribution >= 0.6 is 0 Å². The van der Waals surface area contributed by atoms with Crippen LogP contribution in [0.25, 0.3) is 10.9 Å². The Kier molecular flexibility index (Phi) is 8.29. The largest absolute Gasteiger partial charge is 0.496 e. The molecule has 0 radical (unpaired) electrons. The predicted octanol–water partition coefficient (Wildman–Crippen LogP) is 6.17. The van der Waals surface area contributed by atoms with E-state index in [-0.39, 0.29) is 18.1 Å². The number of aromatic nitrogens is 3. The number of fused-ring (bicyclic) bond motifs is 1. The number of carbonyl (C=O) groups is 2. The summed E-state index contributed by atoms with van der Waals surface area (Å²) in [4.78, 5) is 27.6. The van der Waals surface area contributed by atoms with E-state index >= 15 is 0 Å². The molecule has 1 aliphatic rings. The predicted molar refractivity (Wildman–Crippen MR) is 161 cm³/mol. The van der Waals surface area contributed by atoms with Crippen molar-refractivity contribution in [3.05, 3.63) is 82.8 Å². The first-order chi connectivity index (χ1) is 20.5. The Hall–Kier alpha value is -4.62. The molecule has 0 amide bonds. The fraction of sp³-hybridized carbons (Fsp3) is 0.394. The zero-order valence-corrected chi connectivity index (χ0v) is 25.5. The van der Waals surface area contributed by atoms with Crippen molar-refractivity contribution < 1.29 is 23.8 Å². The molecule has 0 saturated carbocycles. The van der Waals surface area contributed by atoms with Crippen LogP contribution in [-0.2, 0) is 16.0 Å². The molecular formula is C33H37N5O5. The van der Waals surface area contributed by atoms with Crippen molar-refractivity contribution in [1.82, 2.24) is 19.2 Å². The third kappa shape index (κ3) is 6.13. The Morgan fingerprint density at radius 2 is 1.88 bits per heavy atom. The number of methoxy groups -OCH3 is 2. The van der Waals surface area contributed by atoms with Gasteiger partial charge in [0.25, 0.3) is 0 Å². The monoisotopic (exact) mass is 583 g/mol. The second kappa shape index (κ2) is 11.9. The van der Waals surface area contributed by atoms with E-state index in [0.29, 0.717) is 17.7 Å². The number of nitrogens with zero attached hydrogens (tertiary/aromatic N) is 5. The highest BCUT2D eigenvalue weighted by molar-refractivity contribution is 5.95. The Morgan fingerprint density at radius 3 is 2.51 bits per heavy atom. The van der Waals surface area contributed by atoms with Crippen LogP contribution in [0.5, 0.6) is 5.75 Å². The summed E-state index contributed by atoms with van der Waals surface area (Å²) < 4.78 is 19.9. The van der Waals surface area contributed by atoms with E-state index in [1.807, 2.05) is 56.6 Å². The number of likely N-dealkylation sites (tertiary alicyclic amines) is 1. The smallest absolute Gasteiger partial charge is 0.419 e. The van der Waals surface area contributed by atoms with Gasteiger partial charge in [-0.3, -0.25) is 14.1 Å². The molecular weight excluding hydrogens is 546 g/mol. The molecule has 4 aromatic rings. The highest BCUT2D eigenvalue weighted by atomic mass is 16.6. The number of hydrogen-bond donors (Lipinski definition) is 0. The van der Waals surface area contributed by atoms with Crippen molar-refractivity contribution in [2.75, 3.05) is 20.8 Å². The van der Waals surface area contributed by atoms with Crippen LogP contribution in [0.3, 0.4) is 0 Å². The van der Waals surface area contributed by atoms with Crippen LogP contribution in [0, 0.1) is 18.3 Å². The fourth-order valence-corrected chi connectivity index (χ4v) is 5.90. The number of nitriles is 1. The summed E-state index contributed by atoms with van der Waals surface area (Å²) in [5.41, 5.74) is 4.13. The molecule has 1 fully saturated rings. The number of aryl methyl sites for hydroxylation is 1. The maximum atomic E-state index is 13.1. The van der Waals surface area contributed by atoms with E-state index in [4.69, 9.17) is 14.2 Å². The van der Waals surface area contributed by atoms with E-state index in [0.717, 1.165) is 52.7 Å². The second-order valence-corrected chi connectivity index (χ2v) is 11.9. The maximum absolute atomic E-state index is 13.1. The number of hydrogen-bond acceptors (Lipinski definition) is 8. The molecule has 5 rings (SSSR count). The lowest BCUT2D eigenvalue weighted by Crippen LogP contribution is -2.37. The van der Waals surface area contributed by atoms with Crippen molar-refractivity contribution in [2.24, 2.45) is 0 Å². The molecule has 0 spiro atoms. The van der Waals surface area contributed by atoms with Gasteiger partial charge in [-0.1, -0.05) is 12.1 Å². The van der Waals surface area contributed by atoms with E-state index in [9.17, 15) is 14.9 Å². The van der Waals surface area contributed by atoms with E-state index in [2.05, 4.69) is 16.1 Å². The Morgan fingerprint density at radius 1 is 1.14 bits per heavy atom. The highest BCUT2D eigenvalue weighted by Crippen LogP contribution is 2.40. The lowest BCUT2D eigenvalue weighted by Gasteiger charge is -2.40. The third-order valence-electron chi connectivity index (χ3n) is 7.91. The average molecular weight is 584 g/mol. The van der Waals surface area contributed by atoms with Gasteiger partial charge >= 0.3 is 12.1 Å². The van der Waals surface area contributed by atoms with Crippen LogP contribution in [0.1, 0.15) is 78.3 Å². The molecule has 224 valence electrons. The molecule has 1 aliphatic heterocycles. The summed E-state index contributed by atoms with van der Waals surface area (Å²) in [7, 11) is 3.03. The minimum absolute atomic E-state index is 0.0193. The summed E-state index contributed by atoms with van der Waals surface area (Å²) >= 11 is 0. The van der Waals surface area contributed by atoms with Gasteiger partial charge in [0, 0.05) is 42.5 Å². The molecule has 1 saturated heterocycles. The number of carbonyl (C=O) groups excluding carboxylic acids is 2. The minimum atomic E-state index is -0.625. The Labute approximate surface area is 251 Å². The van der Waals surface area contributed by atoms with E-state index in [1.165, 1.54) is 7.11 Å². The van der Waals surface area contributed by atoms with Crippen molar-refractivity contribution in [2.45, 2.75) is 64.8 Å². The molecule has 2 aromatic carbocycles. The first-order valence-corrected chi connectivity index (χ1v) is 14.3. The van der Waals surface area contributed by atoms with Gasteiger partial charge < -0.3 is 14.2 Å². The molecule has 2 aromatic heterocycles. The van der Waals surface area contributed by atoms with Crippen molar-refractivity contribution >= 4 is 23.0 Å². The molecule has 0 bridgehead atoms. The van der Waals surface area contributed by atoms with Gasteiger partial charge in [0.15, 0.2) is 0 Å². The van der Waals surface area contributed by atoms with Crippen molar-refractivity contribution in [1.29, 1.82) is 5.26 Å². The van der Waals surface area contributed by atoms with Gasteiger partial charge in [-0.15, -0.1) is 0 Å². The Balaban J connectivity index is 1.53. The van der Waals surface area contributed by atoms with Gasteiger partial charge in [0.05, 0.1) is 43.1 Å². The molecule has 0 aliphatic carbocycles. The van der Waals surface area contributed by atoms with Gasteiger partial charge in [0.2, 0.25) is 0 Å². The SMILES string of the molecule is COC(=O)c1ccc(C2CC(n3cc(C#N)cn3)CCN2Cc2c(OC)cc(C)c3c2ccn3C(=O)OC(C)(C)C)cc1. The molecule has 43 heavy (non-hydrogen) atoms. The minimum Gasteiger partial charge on any atom is -0.496 e. The van der Waals surface area contributed by atoms with Crippen LogP contribution < -0.4 is 4.74 Å². The Bertz CT molecular complexity index is 1690. The summed E-state index contributed by atoms with van der Waals surface area (Å²) in [5.74, 6) is 0.367. The van der Waals surface area contributed by atoms with Gasteiger partial charge in [-0.05, 0) is 75.9 Å². The molecule has 0 N–H and O–H groups in total. The van der Waals surface area contributed by atoms with Crippen molar-refractivity contribution in [3.8, 4) is 11.8 Å². The van der Waals surface area contributed by atoms with Crippen LogP contribution in [0.2, 0.25) is 0 Å². The number of ether oxygens (including phenoxy) is 3. The summed E-state index contributed by atoms with van der Waals surface area (Å²) in [5, 5.41) is 14.7. The van der Waals surface area contributed by atoms with E-state index in [1.54, 1.807) is 42.4 Å². The van der Waals surface area contributed by atoms with Crippen LogP contribution in [0.4, 0.5) is 4.79 Å². The standard InChI is InChI=1S/C33H37N5O5/c1-21-15-29(41-5)27(26-12-14-37(30(21)26)32(40)43-33(2,3)4)20-36-13-11-25(38-19-22(17-34)18-35-38)16-28(36)23-7-9-24(10-8-23)31(39)42-6/h7-10,12,14-15,18-19,25,28H,11,13,16,20H2,1-6H3. The summed E-state index contributed by atoms with van der Waals surface area (Å²) in [6, 6.07) is 13.7. The molecule has 10 nitrogen and oxygen atoms in total. The molecule has 10 heteroatoms. The van der Waals surface area contributed by atoms with Gasteiger partial charge in [-0.25, -0.2) is 9.59 Å². The van der Waals surface area contributed by atoms with Crippen LogP contribution in [-0.4, -0.2) is 57.7 Å². The first-order valence-electron chi connectivity index (χ1n) is 14.3. The van der Waals surface area contributed by atoms with Gasteiger partial charge in [-0.2, -0.15) is 10.4 Å². The topological polar surface area (TPSA) is 112 Å². The third-order valence-corrected chi connectivity index (χ3v) is 7.91. The molecule has 2 unspecified atom stereocenters. The lowest BCUT2D eigenvalue weighted by molar-refractivity contribution is 0.0542. The summed E-state index contributed by atoms with van der Waals surface area (Å²) in [6.07, 6.45) is 6.30. The summed E-state index contributed by atoms with van der Waals surface area (Å²) in [6.45, 7) is 8.83. The maximum Gasteiger partial charge on any atom is 0.419 e. The number of benzene rings is 2. The fourth-order valence-electron chi connectivity index (χ4n) is 5.90. The van der Waals surface area contributed by atoms with Gasteiger partial charge in [0.1, 0.15) is 17.4 Å². The average Bonchev–Trinajstić information content (AvgIpc) is 3.66. The van der Waals surface area contributed by atoms with Crippen LogP contribution in [0.15, 0.2) is 55.0 Å². The number of piperidine rings is 1. The number of rotatable bonds is 6. The van der Waals surface area contributed by atoms with E-state index < -0.39 is 11.7 Å². The van der Waals surface area contributed by atoms with Crippen molar-refractivity contribution in [3.63, 3.8) is 0 Å².